The smallest absolute Gasteiger partial charge is 0.298 e. The third-order valence-electron chi connectivity index (χ3n) is 1.39. The highest BCUT2D eigenvalue weighted by Gasteiger charge is 2.35. The fourth-order valence-corrected chi connectivity index (χ4v) is 7.65. The van der Waals surface area contributed by atoms with E-state index < -0.39 is 0.725 Å². The van der Waals surface area contributed by atoms with Gasteiger partial charge in [0.25, 0.3) is 0 Å². The quantitative estimate of drug-likeness (QED) is 0.307. The Labute approximate surface area is 102 Å². The summed E-state index contributed by atoms with van der Waals surface area (Å²) in [6.07, 6.45) is 0. The summed E-state index contributed by atoms with van der Waals surface area (Å²) in [6.45, 7) is 6.76. The molecule has 0 heterocycles. The van der Waals surface area contributed by atoms with Gasteiger partial charge in [-0.1, -0.05) is 65.4 Å². The third-order valence-corrected chi connectivity index (χ3v) is 9.33. The second-order valence-electron chi connectivity index (χ2n) is 3.20. The SMILES string of the molecule is CN(C(C)(C)C)[Si](I)(I)I. The molecule has 0 rings (SSSR count). The maximum atomic E-state index is 2.57. The summed E-state index contributed by atoms with van der Waals surface area (Å²) in [6, 6.07) is 0. The van der Waals surface area contributed by atoms with Crippen LogP contribution in [0.2, 0.25) is 0 Å². The maximum absolute atomic E-state index is 2.57. The second-order valence-corrected chi connectivity index (χ2v) is 37.4. The van der Waals surface area contributed by atoms with Crippen molar-refractivity contribution in [3.63, 3.8) is 0 Å². The molecular weight excluding hydrogens is 483 g/mol. The Morgan fingerprint density at radius 2 is 1.40 bits per heavy atom. The average molecular weight is 495 g/mol. The first kappa shape index (κ1) is 12.4. The fraction of sp³-hybridized carbons (Fsp3) is 1.00. The summed E-state index contributed by atoms with van der Waals surface area (Å²) in [5.74, 6) is 0. The predicted octanol–water partition coefficient (Wildman–Crippen LogP) is 3.46. The Bertz CT molecular complexity index is 101. The van der Waals surface area contributed by atoms with E-state index in [1.807, 2.05) is 0 Å². The van der Waals surface area contributed by atoms with Crippen molar-refractivity contribution < 1.29 is 0 Å². The van der Waals surface area contributed by atoms with Gasteiger partial charge >= 0.3 is 0.725 Å². The molecule has 0 radical (unpaired) electrons. The molecule has 0 aliphatic carbocycles. The molecule has 0 bridgehead atoms. The molecule has 0 saturated heterocycles. The Morgan fingerprint density at radius 3 is 1.40 bits per heavy atom. The van der Waals surface area contributed by atoms with Gasteiger partial charge in [0.15, 0.2) is 0 Å². The molecule has 1 nitrogen and oxygen atoms in total. The molecule has 0 N–H and O–H groups in total. The minimum absolute atomic E-state index is 0.315. The van der Waals surface area contributed by atoms with Crippen LogP contribution in [0.25, 0.3) is 0 Å². The number of hydrogen-bond donors (Lipinski definition) is 0. The maximum Gasteiger partial charge on any atom is 0.329 e. The summed E-state index contributed by atoms with van der Waals surface area (Å²) in [4.78, 5) is 0. The van der Waals surface area contributed by atoms with Crippen LogP contribution in [0.1, 0.15) is 20.8 Å². The minimum Gasteiger partial charge on any atom is -0.298 e. The zero-order valence-electron chi connectivity index (χ0n) is 6.58. The van der Waals surface area contributed by atoms with Gasteiger partial charge in [-0.05, 0) is 27.8 Å². The number of halogens is 3. The van der Waals surface area contributed by atoms with Crippen molar-refractivity contribution in [2.75, 3.05) is 7.05 Å². The molecule has 0 aromatic rings. The first-order chi connectivity index (χ1) is 4.15. The van der Waals surface area contributed by atoms with Gasteiger partial charge in [0, 0.05) is 5.54 Å². The molecule has 0 aromatic carbocycles. The van der Waals surface area contributed by atoms with E-state index in [4.69, 9.17) is 0 Å². The van der Waals surface area contributed by atoms with Crippen LogP contribution in [0.15, 0.2) is 0 Å². The summed E-state index contributed by atoms with van der Waals surface area (Å²) >= 11 is 7.70. The van der Waals surface area contributed by atoms with Crippen molar-refractivity contribution in [1.29, 1.82) is 0 Å². The molecule has 0 aliphatic rings. The normalized spacial score (nSPS) is 14.4. The van der Waals surface area contributed by atoms with E-state index in [0.29, 0.717) is 5.54 Å². The molecule has 0 unspecified atom stereocenters. The van der Waals surface area contributed by atoms with Crippen LogP contribution in [-0.2, 0) is 0 Å². The monoisotopic (exact) mass is 495 g/mol. The second kappa shape index (κ2) is 4.05. The third kappa shape index (κ3) is 4.41. The van der Waals surface area contributed by atoms with Crippen LogP contribution in [0.4, 0.5) is 0 Å². The van der Waals surface area contributed by atoms with E-state index in [0.717, 1.165) is 0 Å². The van der Waals surface area contributed by atoms with Crippen molar-refractivity contribution in [1.82, 2.24) is 4.57 Å². The minimum atomic E-state index is -1.15. The zero-order valence-corrected chi connectivity index (χ0v) is 14.1. The lowest BCUT2D eigenvalue weighted by molar-refractivity contribution is 0.303. The highest BCUT2D eigenvalue weighted by atomic mass is 127. The lowest BCUT2D eigenvalue weighted by Gasteiger charge is -2.37. The van der Waals surface area contributed by atoms with Crippen LogP contribution in [0.3, 0.4) is 0 Å². The van der Waals surface area contributed by atoms with E-state index in [1.165, 1.54) is 0 Å². The lowest BCUT2D eigenvalue weighted by Crippen LogP contribution is -2.48. The van der Waals surface area contributed by atoms with E-state index in [1.54, 1.807) is 0 Å². The average Bonchev–Trinajstić information content (AvgIpc) is 1.59. The summed E-state index contributed by atoms with van der Waals surface area (Å²) < 4.78 is 1.32. The summed E-state index contributed by atoms with van der Waals surface area (Å²) in [5.41, 5.74) is 0.315. The number of nitrogens with zero attached hydrogens (tertiary/aromatic N) is 1. The van der Waals surface area contributed by atoms with Crippen LogP contribution >= 0.6 is 65.4 Å². The van der Waals surface area contributed by atoms with Crippen LogP contribution in [-0.4, -0.2) is 17.9 Å². The van der Waals surface area contributed by atoms with Gasteiger partial charge in [-0.3, -0.25) is 4.57 Å². The first-order valence-electron chi connectivity index (χ1n) is 2.96. The summed E-state index contributed by atoms with van der Waals surface area (Å²) in [5, 5.41) is 0. The highest BCUT2D eigenvalue weighted by Crippen LogP contribution is 2.36. The molecule has 0 fully saturated rings. The first-order valence-corrected chi connectivity index (χ1v) is 14.3. The van der Waals surface area contributed by atoms with Gasteiger partial charge in [0.2, 0.25) is 0 Å². The van der Waals surface area contributed by atoms with Crippen molar-refractivity contribution in [2.45, 2.75) is 26.3 Å². The standard InChI is InChI=1S/C5H12I3NSi/c1-5(2,3)9(4)10(6,7)8/h1-4H3. The predicted molar refractivity (Wildman–Crippen MR) is 75.3 cm³/mol. The molecule has 0 saturated carbocycles. The van der Waals surface area contributed by atoms with Crippen molar-refractivity contribution in [3.05, 3.63) is 0 Å². The van der Waals surface area contributed by atoms with Crippen LogP contribution in [0, 0.1) is 0 Å². The van der Waals surface area contributed by atoms with E-state index in [2.05, 4.69) is 97.8 Å². The van der Waals surface area contributed by atoms with E-state index in [-0.39, 0.29) is 0 Å². The Kier molecular flexibility index (Phi) is 5.01. The molecule has 10 heavy (non-hydrogen) atoms. The molecular formula is C5H12I3NSi. The van der Waals surface area contributed by atoms with Crippen molar-refractivity contribution in [3.8, 4) is 0 Å². The van der Waals surface area contributed by atoms with Gasteiger partial charge in [0.05, 0.1) is 0 Å². The number of hydrogen-bond acceptors (Lipinski definition) is 1. The fourth-order valence-electron chi connectivity index (χ4n) is 0.380. The van der Waals surface area contributed by atoms with Gasteiger partial charge < -0.3 is 0 Å². The summed E-state index contributed by atoms with van der Waals surface area (Å²) in [7, 11) is 2.21. The highest BCUT2D eigenvalue weighted by molar-refractivity contribution is 14.4. The van der Waals surface area contributed by atoms with Gasteiger partial charge in [-0.25, -0.2) is 0 Å². The molecule has 5 heteroatoms. The molecule has 0 aliphatic heterocycles. The number of rotatable bonds is 1. The Morgan fingerprint density at radius 1 is 1.10 bits per heavy atom. The van der Waals surface area contributed by atoms with E-state index in [9.17, 15) is 0 Å². The van der Waals surface area contributed by atoms with Gasteiger partial charge in [0.1, 0.15) is 0 Å². The van der Waals surface area contributed by atoms with E-state index >= 15 is 0 Å². The molecule has 0 aromatic heterocycles. The molecule has 0 amide bonds. The van der Waals surface area contributed by atoms with Crippen LogP contribution in [0.5, 0.6) is 0 Å². The van der Waals surface area contributed by atoms with Crippen LogP contribution < -0.4 is 0 Å². The van der Waals surface area contributed by atoms with Crippen molar-refractivity contribution in [2.24, 2.45) is 0 Å². The topological polar surface area (TPSA) is 3.24 Å². The largest absolute Gasteiger partial charge is 0.329 e. The Hall–Kier alpha value is 2.37. The van der Waals surface area contributed by atoms with Gasteiger partial charge in [-0.15, -0.1) is 0 Å². The molecule has 0 spiro atoms. The lowest BCUT2D eigenvalue weighted by atomic mass is 10.1. The van der Waals surface area contributed by atoms with Crippen molar-refractivity contribution >= 4 is 66.1 Å². The molecule has 0 atom stereocenters. The van der Waals surface area contributed by atoms with Gasteiger partial charge in [-0.2, -0.15) is 0 Å². The Balaban J connectivity index is 4.23. The zero-order chi connectivity index (χ0) is 8.58. The molecule has 62 valence electrons.